The Balaban J connectivity index is 1.42. The largest absolute Gasteiger partial charge is 0.491 e. The molecule has 0 radical (unpaired) electrons. The Morgan fingerprint density at radius 2 is 1.55 bits per heavy atom. The Morgan fingerprint density at radius 3 is 2.21 bits per heavy atom. The van der Waals surface area contributed by atoms with Crippen LogP contribution in [0.5, 0.6) is 5.75 Å². The lowest BCUT2D eigenvalue weighted by Crippen LogP contribution is -2.22. The summed E-state index contributed by atoms with van der Waals surface area (Å²) < 4.78 is 63.8. The SMILES string of the molecule is CCCC(O)C1CC=C(c2ccc(CCc3ccc(-c4ccc(OCC)c(F)c4F)cc3)c(F)c2F)CC1. The molecule has 0 saturated carbocycles. The Labute approximate surface area is 222 Å². The van der Waals surface area contributed by atoms with Crippen molar-refractivity contribution in [1.29, 1.82) is 0 Å². The maximum atomic E-state index is 15.0. The predicted molar refractivity (Wildman–Crippen MR) is 143 cm³/mol. The van der Waals surface area contributed by atoms with Gasteiger partial charge in [0, 0.05) is 11.1 Å². The van der Waals surface area contributed by atoms with Gasteiger partial charge in [0.1, 0.15) is 0 Å². The third-order valence-corrected chi connectivity index (χ3v) is 7.38. The van der Waals surface area contributed by atoms with Crippen molar-refractivity contribution in [1.82, 2.24) is 0 Å². The summed E-state index contributed by atoms with van der Waals surface area (Å²) >= 11 is 0. The highest BCUT2D eigenvalue weighted by Gasteiger charge is 2.24. The predicted octanol–water partition coefficient (Wildman–Crippen LogP) is 8.44. The highest BCUT2D eigenvalue weighted by atomic mass is 19.2. The summed E-state index contributed by atoms with van der Waals surface area (Å²) in [6.07, 6.45) is 6.08. The van der Waals surface area contributed by atoms with Gasteiger partial charge in [-0.15, -0.1) is 0 Å². The minimum atomic E-state index is -1.02. The van der Waals surface area contributed by atoms with Crippen molar-refractivity contribution in [3.05, 3.63) is 94.6 Å². The number of halogens is 4. The number of hydrogen-bond donors (Lipinski definition) is 1. The summed E-state index contributed by atoms with van der Waals surface area (Å²) in [7, 11) is 0. The lowest BCUT2D eigenvalue weighted by molar-refractivity contribution is 0.0934. The molecule has 1 aliphatic rings. The van der Waals surface area contributed by atoms with E-state index < -0.39 is 23.3 Å². The first kappa shape index (κ1) is 27.9. The highest BCUT2D eigenvalue weighted by molar-refractivity contribution is 5.67. The molecule has 1 aliphatic carbocycles. The molecule has 3 aromatic rings. The second-order valence-electron chi connectivity index (χ2n) is 9.89. The number of rotatable bonds is 10. The highest BCUT2D eigenvalue weighted by Crippen LogP contribution is 2.35. The normalized spacial score (nSPS) is 16.3. The van der Waals surface area contributed by atoms with E-state index in [-0.39, 0.29) is 29.9 Å². The average Bonchev–Trinajstić information content (AvgIpc) is 2.93. The molecule has 0 fully saturated rings. The van der Waals surface area contributed by atoms with E-state index >= 15 is 0 Å². The number of benzene rings is 3. The van der Waals surface area contributed by atoms with Crippen LogP contribution in [0.1, 0.15) is 62.6 Å². The first-order valence-corrected chi connectivity index (χ1v) is 13.4. The van der Waals surface area contributed by atoms with Gasteiger partial charge in [0.25, 0.3) is 0 Å². The summed E-state index contributed by atoms with van der Waals surface area (Å²) in [6, 6.07) is 13.1. The molecule has 1 N–H and O–H groups in total. The summed E-state index contributed by atoms with van der Waals surface area (Å²) in [5, 5.41) is 10.2. The first-order valence-electron chi connectivity index (χ1n) is 13.4. The van der Waals surface area contributed by atoms with E-state index in [0.717, 1.165) is 30.4 Å². The molecule has 0 spiro atoms. The molecule has 0 saturated heterocycles. The zero-order valence-corrected chi connectivity index (χ0v) is 21.9. The number of hydrogen-bond acceptors (Lipinski definition) is 2. The van der Waals surface area contributed by atoms with Crippen LogP contribution >= 0.6 is 0 Å². The van der Waals surface area contributed by atoms with Gasteiger partial charge < -0.3 is 9.84 Å². The third kappa shape index (κ3) is 6.12. The molecule has 4 rings (SSSR count). The molecule has 0 amide bonds. The monoisotopic (exact) mass is 526 g/mol. The van der Waals surface area contributed by atoms with E-state index in [1.165, 1.54) is 12.1 Å². The van der Waals surface area contributed by atoms with Gasteiger partial charge in [-0.3, -0.25) is 0 Å². The zero-order valence-electron chi connectivity index (χ0n) is 21.9. The van der Waals surface area contributed by atoms with Crippen LogP contribution < -0.4 is 4.74 Å². The van der Waals surface area contributed by atoms with Crippen molar-refractivity contribution in [2.45, 2.75) is 64.9 Å². The lowest BCUT2D eigenvalue weighted by Gasteiger charge is -2.26. The molecule has 0 heterocycles. The molecule has 38 heavy (non-hydrogen) atoms. The number of ether oxygens (including phenoxy) is 1. The van der Waals surface area contributed by atoms with Crippen molar-refractivity contribution >= 4 is 5.57 Å². The van der Waals surface area contributed by atoms with Gasteiger partial charge in [-0.1, -0.05) is 55.8 Å². The van der Waals surface area contributed by atoms with Gasteiger partial charge in [0.2, 0.25) is 5.82 Å². The number of aliphatic hydroxyl groups is 1. The van der Waals surface area contributed by atoms with Crippen molar-refractivity contribution < 1.29 is 27.4 Å². The molecule has 0 bridgehead atoms. The Kier molecular flexibility index (Phi) is 9.26. The second-order valence-corrected chi connectivity index (χ2v) is 9.89. The van der Waals surface area contributed by atoms with E-state index in [9.17, 15) is 22.7 Å². The van der Waals surface area contributed by atoms with Gasteiger partial charge in [0.15, 0.2) is 23.2 Å². The molecule has 0 aliphatic heterocycles. The topological polar surface area (TPSA) is 29.5 Å². The summed E-state index contributed by atoms with van der Waals surface area (Å²) in [6.45, 7) is 3.97. The molecule has 3 aromatic carbocycles. The van der Waals surface area contributed by atoms with Gasteiger partial charge in [-0.05, 0) is 85.8 Å². The standard InChI is InChI=1S/C32H34F4O2/c1-3-5-27(37)23-14-12-22(13-15-23)25-17-16-24(29(33)30(25)34)11-8-20-6-9-21(10-7-20)26-18-19-28(38-4-2)32(36)31(26)35/h6-7,9-10,12,16-19,23,27,37H,3-5,8,11,13-15H2,1-2H3. The molecule has 6 heteroatoms. The van der Waals surface area contributed by atoms with Crippen molar-refractivity contribution in [2.24, 2.45) is 5.92 Å². The molecule has 0 aromatic heterocycles. The fourth-order valence-electron chi connectivity index (χ4n) is 5.16. The van der Waals surface area contributed by atoms with Crippen molar-refractivity contribution in [3.63, 3.8) is 0 Å². The van der Waals surface area contributed by atoms with Gasteiger partial charge in [0.05, 0.1) is 12.7 Å². The zero-order chi connectivity index (χ0) is 27.2. The quantitative estimate of drug-likeness (QED) is 0.269. The maximum Gasteiger partial charge on any atom is 0.201 e. The Morgan fingerprint density at radius 1 is 0.842 bits per heavy atom. The maximum absolute atomic E-state index is 15.0. The van der Waals surface area contributed by atoms with Crippen LogP contribution in [0.2, 0.25) is 0 Å². The minimum absolute atomic E-state index is 0.125. The van der Waals surface area contributed by atoms with Crippen LogP contribution in [0.25, 0.3) is 16.7 Å². The van der Waals surface area contributed by atoms with Crippen LogP contribution in [0.3, 0.4) is 0 Å². The fourth-order valence-corrected chi connectivity index (χ4v) is 5.16. The van der Waals surface area contributed by atoms with Gasteiger partial charge >= 0.3 is 0 Å². The van der Waals surface area contributed by atoms with Crippen LogP contribution in [-0.2, 0) is 12.8 Å². The van der Waals surface area contributed by atoms with E-state index in [1.54, 1.807) is 43.3 Å². The Bertz CT molecular complexity index is 1280. The van der Waals surface area contributed by atoms with Crippen molar-refractivity contribution in [3.8, 4) is 16.9 Å². The molecular weight excluding hydrogens is 492 g/mol. The number of aryl methyl sites for hydroxylation is 2. The number of allylic oxidation sites excluding steroid dienone is 2. The molecule has 202 valence electrons. The average molecular weight is 527 g/mol. The van der Waals surface area contributed by atoms with Crippen LogP contribution in [0.15, 0.2) is 54.6 Å². The van der Waals surface area contributed by atoms with E-state index in [2.05, 4.69) is 0 Å². The lowest BCUT2D eigenvalue weighted by atomic mass is 9.82. The summed E-state index contributed by atoms with van der Waals surface area (Å²) in [5.41, 5.74) is 2.90. The Hall–Kier alpha value is -3.12. The summed E-state index contributed by atoms with van der Waals surface area (Å²) in [4.78, 5) is 0. The summed E-state index contributed by atoms with van der Waals surface area (Å²) in [5.74, 6) is -3.61. The van der Waals surface area contributed by atoms with Crippen molar-refractivity contribution in [2.75, 3.05) is 6.61 Å². The van der Waals surface area contributed by atoms with E-state index in [4.69, 9.17) is 4.74 Å². The van der Waals surface area contributed by atoms with Crippen LogP contribution in [0, 0.1) is 29.2 Å². The molecular formula is C32H34F4O2. The van der Waals surface area contributed by atoms with Crippen LogP contribution in [0.4, 0.5) is 17.6 Å². The van der Waals surface area contributed by atoms with Gasteiger partial charge in [-0.2, -0.15) is 4.39 Å². The van der Waals surface area contributed by atoms with Crippen LogP contribution in [-0.4, -0.2) is 17.8 Å². The molecule has 2 unspecified atom stereocenters. The smallest absolute Gasteiger partial charge is 0.201 e. The van der Waals surface area contributed by atoms with Gasteiger partial charge in [-0.25, -0.2) is 13.2 Å². The fraction of sp³-hybridized carbons (Fsp3) is 0.375. The molecule has 2 nitrogen and oxygen atoms in total. The number of aliphatic hydroxyl groups excluding tert-OH is 1. The van der Waals surface area contributed by atoms with E-state index in [1.807, 2.05) is 13.0 Å². The molecule has 2 atom stereocenters. The second kappa shape index (κ2) is 12.6. The first-order chi connectivity index (χ1) is 18.3. The van der Waals surface area contributed by atoms with E-state index in [0.29, 0.717) is 42.4 Å². The third-order valence-electron chi connectivity index (χ3n) is 7.38. The minimum Gasteiger partial charge on any atom is -0.491 e.